The Kier molecular flexibility index (Phi) is 8.47. The van der Waals surface area contributed by atoms with Gasteiger partial charge in [0.1, 0.15) is 12.4 Å². The quantitative estimate of drug-likeness (QED) is 0.297. The zero-order chi connectivity index (χ0) is 23.0. The van der Waals surface area contributed by atoms with Crippen molar-refractivity contribution in [1.29, 1.82) is 0 Å². The van der Waals surface area contributed by atoms with Crippen molar-refractivity contribution >= 4 is 16.1 Å². The standard InChI is InChI=1S/C25H30O6S/c1-29-23-13-11-20(12-14-23)24(15-16-31-32(2,27)28)21-9-6-10-22(17-21)25(26)30-18-19-7-4-3-5-8-19/h3-9,11-14,21-22,24H,10,15-18H2,1-2H3. The molecule has 0 fully saturated rings. The molecule has 172 valence electrons. The highest BCUT2D eigenvalue weighted by atomic mass is 32.2. The van der Waals surface area contributed by atoms with Gasteiger partial charge in [0.05, 0.1) is 25.9 Å². The second-order valence-electron chi connectivity index (χ2n) is 8.05. The summed E-state index contributed by atoms with van der Waals surface area (Å²) in [6.45, 7) is 0.345. The summed E-state index contributed by atoms with van der Waals surface area (Å²) >= 11 is 0. The topological polar surface area (TPSA) is 78.9 Å². The normalized spacial score (nSPS) is 19.3. The van der Waals surface area contributed by atoms with Gasteiger partial charge >= 0.3 is 5.97 Å². The molecule has 1 aliphatic rings. The number of rotatable bonds is 10. The summed E-state index contributed by atoms with van der Waals surface area (Å²) in [7, 11) is -1.90. The van der Waals surface area contributed by atoms with Crippen LogP contribution in [0.2, 0.25) is 0 Å². The van der Waals surface area contributed by atoms with Gasteiger partial charge < -0.3 is 9.47 Å². The number of esters is 1. The summed E-state index contributed by atoms with van der Waals surface area (Å²) < 4.78 is 38.7. The monoisotopic (exact) mass is 458 g/mol. The van der Waals surface area contributed by atoms with Crippen molar-refractivity contribution < 1.29 is 26.9 Å². The smallest absolute Gasteiger partial charge is 0.309 e. The number of hydrogen-bond acceptors (Lipinski definition) is 6. The van der Waals surface area contributed by atoms with Gasteiger partial charge in [-0.3, -0.25) is 8.98 Å². The summed E-state index contributed by atoms with van der Waals surface area (Å²) in [6.07, 6.45) is 6.99. The Morgan fingerprint density at radius 1 is 1.09 bits per heavy atom. The van der Waals surface area contributed by atoms with Crippen LogP contribution in [0.15, 0.2) is 66.7 Å². The maximum Gasteiger partial charge on any atom is 0.309 e. The van der Waals surface area contributed by atoms with Crippen LogP contribution < -0.4 is 4.74 Å². The summed E-state index contributed by atoms with van der Waals surface area (Å²) in [4.78, 5) is 12.7. The molecule has 3 unspecified atom stereocenters. The first-order valence-corrected chi connectivity index (χ1v) is 12.5. The third-order valence-corrected chi connectivity index (χ3v) is 6.30. The third kappa shape index (κ3) is 7.21. The van der Waals surface area contributed by atoms with Gasteiger partial charge in [-0.15, -0.1) is 0 Å². The van der Waals surface area contributed by atoms with Crippen molar-refractivity contribution in [3.8, 4) is 5.75 Å². The minimum atomic E-state index is -3.51. The molecule has 7 heteroatoms. The molecule has 6 nitrogen and oxygen atoms in total. The fraction of sp³-hybridized carbons (Fsp3) is 0.400. The van der Waals surface area contributed by atoms with E-state index in [0.717, 1.165) is 23.1 Å². The van der Waals surface area contributed by atoms with Crippen molar-refractivity contribution in [2.45, 2.75) is 31.8 Å². The van der Waals surface area contributed by atoms with Gasteiger partial charge in [-0.25, -0.2) is 0 Å². The average molecular weight is 459 g/mol. The maximum absolute atomic E-state index is 12.7. The molecule has 3 rings (SSSR count). The molecule has 0 heterocycles. The molecule has 32 heavy (non-hydrogen) atoms. The van der Waals surface area contributed by atoms with Gasteiger partial charge in [0.15, 0.2) is 0 Å². The van der Waals surface area contributed by atoms with Crippen molar-refractivity contribution in [3.63, 3.8) is 0 Å². The van der Waals surface area contributed by atoms with E-state index in [1.54, 1.807) is 7.11 Å². The summed E-state index contributed by atoms with van der Waals surface area (Å²) in [5.41, 5.74) is 2.01. The summed E-state index contributed by atoms with van der Waals surface area (Å²) in [5, 5.41) is 0. The average Bonchev–Trinajstić information content (AvgIpc) is 2.80. The molecule has 0 bridgehead atoms. The second-order valence-corrected chi connectivity index (χ2v) is 9.69. The minimum Gasteiger partial charge on any atom is -0.497 e. The lowest BCUT2D eigenvalue weighted by Crippen LogP contribution is -2.26. The number of benzene rings is 2. The Hall–Kier alpha value is -2.64. The molecule has 0 N–H and O–H groups in total. The lowest BCUT2D eigenvalue weighted by molar-refractivity contribution is -0.150. The van der Waals surface area contributed by atoms with Gasteiger partial charge in [-0.1, -0.05) is 54.6 Å². The molecule has 3 atom stereocenters. The fourth-order valence-electron chi connectivity index (χ4n) is 4.06. The number of allylic oxidation sites excluding steroid dienone is 2. The number of carbonyl (C=O) groups is 1. The molecule has 0 aromatic heterocycles. The molecular formula is C25H30O6S. The van der Waals surface area contributed by atoms with Crippen molar-refractivity contribution in [2.75, 3.05) is 20.0 Å². The maximum atomic E-state index is 12.7. The largest absolute Gasteiger partial charge is 0.497 e. The summed E-state index contributed by atoms with van der Waals surface area (Å²) in [6, 6.07) is 17.4. The van der Waals surface area contributed by atoms with E-state index in [1.165, 1.54) is 0 Å². The Morgan fingerprint density at radius 3 is 2.47 bits per heavy atom. The number of methoxy groups -OCH3 is 1. The molecule has 2 aromatic rings. The minimum absolute atomic E-state index is 0.00336. The van der Waals surface area contributed by atoms with Crippen LogP contribution in [-0.2, 0) is 30.4 Å². The van der Waals surface area contributed by atoms with Crippen LogP contribution in [0.25, 0.3) is 0 Å². The lowest BCUT2D eigenvalue weighted by Gasteiger charge is -2.30. The first-order valence-electron chi connectivity index (χ1n) is 10.7. The van der Waals surface area contributed by atoms with Crippen molar-refractivity contribution in [3.05, 3.63) is 77.9 Å². The molecule has 0 aliphatic heterocycles. The van der Waals surface area contributed by atoms with E-state index in [4.69, 9.17) is 13.7 Å². The number of hydrogen-bond donors (Lipinski definition) is 0. The Morgan fingerprint density at radius 2 is 1.81 bits per heavy atom. The molecule has 0 spiro atoms. The Labute approximate surface area is 190 Å². The van der Waals surface area contributed by atoms with E-state index in [1.807, 2.05) is 60.7 Å². The highest BCUT2D eigenvalue weighted by Crippen LogP contribution is 2.38. The molecule has 2 aromatic carbocycles. The Bertz CT molecular complexity index is 998. The van der Waals surface area contributed by atoms with Crippen LogP contribution >= 0.6 is 0 Å². The van der Waals surface area contributed by atoms with E-state index in [-0.39, 0.29) is 36.9 Å². The SMILES string of the molecule is COc1ccc(C(CCOS(C)(=O)=O)C2C=CCC(C(=O)OCc3ccccc3)C2)cc1. The van der Waals surface area contributed by atoms with Crippen molar-refractivity contribution in [1.82, 2.24) is 0 Å². The first kappa shape index (κ1) is 24.0. The van der Waals surface area contributed by atoms with Crippen molar-refractivity contribution in [2.24, 2.45) is 11.8 Å². The molecule has 0 saturated heterocycles. The first-order chi connectivity index (χ1) is 15.4. The molecule has 0 radical (unpaired) electrons. The van der Waals surface area contributed by atoms with E-state index < -0.39 is 10.1 Å². The predicted octanol–water partition coefficient (Wildman–Crippen LogP) is 4.47. The zero-order valence-electron chi connectivity index (χ0n) is 18.5. The fourth-order valence-corrected chi connectivity index (χ4v) is 4.46. The van der Waals surface area contributed by atoms with Crippen LogP contribution in [0.1, 0.15) is 36.3 Å². The number of carbonyl (C=O) groups excluding carboxylic acids is 1. The van der Waals surface area contributed by atoms with Crippen LogP contribution in [0.4, 0.5) is 0 Å². The highest BCUT2D eigenvalue weighted by Gasteiger charge is 2.31. The third-order valence-electron chi connectivity index (χ3n) is 5.70. The van der Waals surface area contributed by atoms with Gasteiger partial charge in [0, 0.05) is 0 Å². The van der Waals surface area contributed by atoms with Gasteiger partial charge in [-0.05, 0) is 54.4 Å². The molecule has 0 amide bonds. The summed E-state index contributed by atoms with van der Waals surface area (Å²) in [5.74, 6) is 0.383. The van der Waals surface area contributed by atoms with Gasteiger partial charge in [0.25, 0.3) is 10.1 Å². The van der Waals surface area contributed by atoms with E-state index in [2.05, 4.69) is 6.08 Å². The zero-order valence-corrected chi connectivity index (χ0v) is 19.3. The van der Waals surface area contributed by atoms with Crippen LogP contribution in [0.3, 0.4) is 0 Å². The lowest BCUT2D eigenvalue weighted by atomic mass is 9.75. The van der Waals surface area contributed by atoms with Gasteiger partial charge in [-0.2, -0.15) is 8.42 Å². The highest BCUT2D eigenvalue weighted by molar-refractivity contribution is 7.85. The Balaban J connectivity index is 1.69. The van der Waals surface area contributed by atoms with Gasteiger partial charge in [0.2, 0.25) is 0 Å². The van der Waals surface area contributed by atoms with Crippen LogP contribution in [0, 0.1) is 11.8 Å². The second kappa shape index (κ2) is 11.3. The molecule has 1 aliphatic carbocycles. The van der Waals surface area contributed by atoms with E-state index in [9.17, 15) is 13.2 Å². The van der Waals surface area contributed by atoms with E-state index in [0.29, 0.717) is 19.3 Å². The van der Waals surface area contributed by atoms with Crippen LogP contribution in [0.5, 0.6) is 5.75 Å². The van der Waals surface area contributed by atoms with E-state index >= 15 is 0 Å². The van der Waals surface area contributed by atoms with Crippen LogP contribution in [-0.4, -0.2) is 34.4 Å². The number of ether oxygens (including phenoxy) is 2. The molecular weight excluding hydrogens is 428 g/mol. The molecule has 0 saturated carbocycles. The predicted molar refractivity (Wildman–Crippen MR) is 123 cm³/mol.